The second-order valence-corrected chi connectivity index (χ2v) is 3.67. The van der Waals surface area contributed by atoms with Gasteiger partial charge in [-0.3, -0.25) is 0 Å². The summed E-state index contributed by atoms with van der Waals surface area (Å²) in [5.74, 6) is 1.03. The third-order valence-electron chi connectivity index (χ3n) is 2.06. The van der Waals surface area contributed by atoms with Gasteiger partial charge in [0.1, 0.15) is 5.82 Å². The first kappa shape index (κ1) is 10.8. The van der Waals surface area contributed by atoms with Crippen LogP contribution in [0.5, 0.6) is 0 Å². The van der Waals surface area contributed by atoms with Gasteiger partial charge in [-0.1, -0.05) is 18.2 Å². The fraction of sp³-hybridized carbons (Fsp3) is 0.417. The number of nitrogens with zero attached hydrogens (tertiary/aromatic N) is 2. The van der Waals surface area contributed by atoms with Crippen LogP contribution in [0, 0.1) is 6.92 Å². The summed E-state index contributed by atoms with van der Waals surface area (Å²) < 4.78 is 0. The number of aromatic nitrogens is 1. The SMILES string of the molecule is C=C(C)CN(CC)c1ccc(C)cn1. The molecule has 0 spiro atoms. The van der Waals surface area contributed by atoms with E-state index in [1.165, 1.54) is 5.56 Å². The van der Waals surface area contributed by atoms with Crippen molar-refractivity contribution in [1.29, 1.82) is 0 Å². The van der Waals surface area contributed by atoms with Gasteiger partial charge in [-0.2, -0.15) is 0 Å². The Hall–Kier alpha value is -1.31. The van der Waals surface area contributed by atoms with Gasteiger partial charge in [0.05, 0.1) is 0 Å². The van der Waals surface area contributed by atoms with Gasteiger partial charge in [-0.25, -0.2) is 4.98 Å². The van der Waals surface area contributed by atoms with E-state index in [4.69, 9.17) is 0 Å². The summed E-state index contributed by atoms with van der Waals surface area (Å²) in [7, 11) is 0. The van der Waals surface area contributed by atoms with E-state index in [2.05, 4.69) is 35.5 Å². The number of likely N-dealkylation sites (N-methyl/N-ethyl adjacent to an activating group) is 1. The lowest BCUT2D eigenvalue weighted by Crippen LogP contribution is -2.25. The van der Waals surface area contributed by atoms with Crippen molar-refractivity contribution in [3.63, 3.8) is 0 Å². The number of anilines is 1. The number of hydrogen-bond acceptors (Lipinski definition) is 2. The largest absolute Gasteiger partial charge is 0.353 e. The highest BCUT2D eigenvalue weighted by atomic mass is 15.2. The highest BCUT2D eigenvalue weighted by Crippen LogP contribution is 2.11. The molecule has 2 heteroatoms. The second kappa shape index (κ2) is 4.80. The van der Waals surface area contributed by atoms with Crippen molar-refractivity contribution >= 4 is 5.82 Å². The molecule has 2 nitrogen and oxygen atoms in total. The maximum Gasteiger partial charge on any atom is 0.128 e. The zero-order valence-electron chi connectivity index (χ0n) is 9.25. The predicted molar refractivity (Wildman–Crippen MR) is 61.7 cm³/mol. The fourth-order valence-electron chi connectivity index (χ4n) is 1.33. The molecule has 0 amide bonds. The Kier molecular flexibility index (Phi) is 3.69. The average molecular weight is 190 g/mol. The quantitative estimate of drug-likeness (QED) is 0.679. The van der Waals surface area contributed by atoms with Crippen molar-refractivity contribution < 1.29 is 0 Å². The first-order valence-electron chi connectivity index (χ1n) is 4.95. The van der Waals surface area contributed by atoms with Crippen LogP contribution in [0.25, 0.3) is 0 Å². The van der Waals surface area contributed by atoms with E-state index in [0.717, 1.165) is 24.5 Å². The van der Waals surface area contributed by atoms with E-state index >= 15 is 0 Å². The van der Waals surface area contributed by atoms with Gasteiger partial charge in [0.15, 0.2) is 0 Å². The van der Waals surface area contributed by atoms with E-state index in [-0.39, 0.29) is 0 Å². The van der Waals surface area contributed by atoms with Crippen LogP contribution in [0.1, 0.15) is 19.4 Å². The zero-order chi connectivity index (χ0) is 10.6. The summed E-state index contributed by atoms with van der Waals surface area (Å²) in [6, 6.07) is 4.14. The van der Waals surface area contributed by atoms with Gasteiger partial charge < -0.3 is 4.90 Å². The first-order chi connectivity index (χ1) is 6.63. The van der Waals surface area contributed by atoms with E-state index in [9.17, 15) is 0 Å². The molecule has 0 saturated carbocycles. The van der Waals surface area contributed by atoms with Crippen molar-refractivity contribution in [3.8, 4) is 0 Å². The van der Waals surface area contributed by atoms with Crippen LogP contribution in [-0.2, 0) is 0 Å². The molecule has 0 radical (unpaired) electrons. The van der Waals surface area contributed by atoms with Gasteiger partial charge in [0, 0.05) is 19.3 Å². The number of aryl methyl sites for hydroxylation is 1. The summed E-state index contributed by atoms with van der Waals surface area (Å²) >= 11 is 0. The molecule has 0 bridgehead atoms. The minimum atomic E-state index is 0.882. The van der Waals surface area contributed by atoms with E-state index in [1.807, 2.05) is 20.0 Å². The van der Waals surface area contributed by atoms with Crippen LogP contribution in [0.15, 0.2) is 30.5 Å². The molecule has 1 aromatic heterocycles. The molecule has 1 aromatic rings. The van der Waals surface area contributed by atoms with E-state index in [1.54, 1.807) is 0 Å². The van der Waals surface area contributed by atoms with Crippen LogP contribution in [0.4, 0.5) is 5.82 Å². The highest BCUT2D eigenvalue weighted by molar-refractivity contribution is 5.40. The second-order valence-electron chi connectivity index (χ2n) is 3.67. The summed E-state index contributed by atoms with van der Waals surface area (Å²) in [5, 5.41) is 0. The molecule has 0 aliphatic rings. The van der Waals surface area contributed by atoms with Gasteiger partial charge in [0.2, 0.25) is 0 Å². The van der Waals surface area contributed by atoms with Crippen molar-refractivity contribution in [2.24, 2.45) is 0 Å². The predicted octanol–water partition coefficient (Wildman–Crippen LogP) is 2.79. The minimum absolute atomic E-state index is 0.882. The van der Waals surface area contributed by atoms with Crippen molar-refractivity contribution in [1.82, 2.24) is 4.98 Å². The lowest BCUT2D eigenvalue weighted by molar-refractivity contribution is 0.858. The zero-order valence-corrected chi connectivity index (χ0v) is 9.25. The molecule has 0 fully saturated rings. The maximum absolute atomic E-state index is 4.39. The average Bonchev–Trinajstić information content (AvgIpc) is 2.15. The van der Waals surface area contributed by atoms with Gasteiger partial charge in [-0.05, 0) is 32.4 Å². The van der Waals surface area contributed by atoms with Crippen LogP contribution >= 0.6 is 0 Å². The fourth-order valence-corrected chi connectivity index (χ4v) is 1.33. The monoisotopic (exact) mass is 190 g/mol. The topological polar surface area (TPSA) is 16.1 Å². The molecule has 0 N–H and O–H groups in total. The Labute approximate surface area is 86.3 Å². The van der Waals surface area contributed by atoms with Crippen LogP contribution in [0.3, 0.4) is 0 Å². The lowest BCUT2D eigenvalue weighted by atomic mass is 10.3. The normalized spacial score (nSPS) is 9.93. The van der Waals surface area contributed by atoms with Gasteiger partial charge in [0.25, 0.3) is 0 Å². The van der Waals surface area contributed by atoms with Gasteiger partial charge >= 0.3 is 0 Å². The Balaban J connectivity index is 2.78. The smallest absolute Gasteiger partial charge is 0.128 e. The summed E-state index contributed by atoms with van der Waals surface area (Å²) in [4.78, 5) is 6.60. The van der Waals surface area contributed by atoms with E-state index in [0.29, 0.717) is 0 Å². The molecular weight excluding hydrogens is 172 g/mol. The minimum Gasteiger partial charge on any atom is -0.353 e. The van der Waals surface area contributed by atoms with Crippen molar-refractivity contribution in [3.05, 3.63) is 36.0 Å². The molecule has 0 unspecified atom stereocenters. The molecule has 0 atom stereocenters. The third-order valence-corrected chi connectivity index (χ3v) is 2.06. The number of hydrogen-bond donors (Lipinski definition) is 0. The Morgan fingerprint density at radius 3 is 2.64 bits per heavy atom. The Morgan fingerprint density at radius 1 is 1.50 bits per heavy atom. The first-order valence-corrected chi connectivity index (χ1v) is 4.95. The lowest BCUT2D eigenvalue weighted by Gasteiger charge is -2.21. The number of pyridine rings is 1. The molecule has 0 aliphatic carbocycles. The molecule has 0 aromatic carbocycles. The molecule has 1 rings (SSSR count). The van der Waals surface area contributed by atoms with Crippen LogP contribution in [0.2, 0.25) is 0 Å². The van der Waals surface area contributed by atoms with Crippen LogP contribution in [-0.4, -0.2) is 18.1 Å². The third kappa shape index (κ3) is 2.87. The van der Waals surface area contributed by atoms with Crippen molar-refractivity contribution in [2.75, 3.05) is 18.0 Å². The molecule has 1 heterocycles. The summed E-state index contributed by atoms with van der Waals surface area (Å²) in [6.07, 6.45) is 1.90. The Morgan fingerprint density at radius 2 is 2.21 bits per heavy atom. The highest BCUT2D eigenvalue weighted by Gasteiger charge is 2.04. The van der Waals surface area contributed by atoms with Gasteiger partial charge in [-0.15, -0.1) is 0 Å². The maximum atomic E-state index is 4.39. The summed E-state index contributed by atoms with van der Waals surface area (Å²) in [5.41, 5.74) is 2.36. The molecule has 76 valence electrons. The molecule has 0 aliphatic heterocycles. The van der Waals surface area contributed by atoms with E-state index < -0.39 is 0 Å². The standard InChI is InChI=1S/C12H18N2/c1-5-14(9-10(2)3)12-7-6-11(4)8-13-12/h6-8H,2,5,9H2,1,3-4H3. The molecular formula is C12H18N2. The van der Waals surface area contributed by atoms with Crippen LogP contribution < -0.4 is 4.90 Å². The molecule has 14 heavy (non-hydrogen) atoms. The van der Waals surface area contributed by atoms with Crippen molar-refractivity contribution in [2.45, 2.75) is 20.8 Å². The molecule has 0 saturated heterocycles. The summed E-state index contributed by atoms with van der Waals surface area (Å²) in [6.45, 7) is 12.0. The number of rotatable bonds is 4. The Bertz CT molecular complexity index is 301.